The highest BCUT2D eigenvalue weighted by Gasteiger charge is 2.36. The lowest BCUT2D eigenvalue weighted by Crippen LogP contribution is -2.25. The van der Waals surface area contributed by atoms with Crippen LogP contribution >= 0.6 is 0 Å². The van der Waals surface area contributed by atoms with Crippen molar-refractivity contribution in [2.75, 3.05) is 0 Å². The van der Waals surface area contributed by atoms with Crippen molar-refractivity contribution in [3.63, 3.8) is 0 Å². The molecule has 52 heavy (non-hydrogen) atoms. The predicted octanol–water partition coefficient (Wildman–Crippen LogP) is 12.9. The molecule has 6 aromatic rings. The van der Waals surface area contributed by atoms with Crippen LogP contribution in [-0.2, 0) is 11.8 Å². The number of para-hydroxylation sites is 1. The Morgan fingerprint density at radius 1 is 0.885 bits per heavy atom. The number of rotatable bonds is 9. The quantitative estimate of drug-likeness (QED) is 0.142. The lowest BCUT2D eigenvalue weighted by atomic mass is 9.70. The van der Waals surface area contributed by atoms with Crippen LogP contribution in [0.4, 0.5) is 0 Å². The summed E-state index contributed by atoms with van der Waals surface area (Å²) in [6.07, 6.45) is 9.01. The highest BCUT2D eigenvalue weighted by molar-refractivity contribution is 6.09. The summed E-state index contributed by atoms with van der Waals surface area (Å²) in [6.45, 7) is 23.0. The Morgan fingerprint density at radius 3 is 2.38 bits per heavy atom. The van der Waals surface area contributed by atoms with Crippen molar-refractivity contribution < 1.29 is 4.74 Å². The van der Waals surface area contributed by atoms with Crippen LogP contribution in [0.3, 0.4) is 0 Å². The molecule has 0 radical (unpaired) electrons. The van der Waals surface area contributed by atoms with E-state index in [0.717, 1.165) is 46.2 Å². The predicted molar refractivity (Wildman–Crippen MR) is 218 cm³/mol. The van der Waals surface area contributed by atoms with E-state index in [1.807, 2.05) is 6.20 Å². The third kappa shape index (κ3) is 6.71. The number of allylic oxidation sites excluding steroid dienone is 2. The van der Waals surface area contributed by atoms with Gasteiger partial charge in [-0.05, 0) is 104 Å². The number of pyridine rings is 1. The first kappa shape index (κ1) is 35.7. The highest BCUT2D eigenvalue weighted by Crippen LogP contribution is 2.46. The molecule has 3 heterocycles. The third-order valence-corrected chi connectivity index (χ3v) is 11.0. The standard InChI is InChI=1S/C47H56N4O/c1-11-12-15-34-20-21-48-43(24-34)50-41-17-14-13-16-39(41)40-19-18-37(28-42(40)50)52-38-26-35(29(2)3)25-36(27-38)51-46(47(8,9)10)45(33(7)49-51)44-31(5)22-30(4)23-32(44)6/h13-14,16-22,24-30,32,44H,11-12,15,23H2,1-10H3/t30-,32-,44?/m0/s1. The Hall–Kier alpha value is -4.64. The molecule has 0 amide bonds. The maximum absolute atomic E-state index is 6.84. The summed E-state index contributed by atoms with van der Waals surface area (Å²) in [5.41, 5.74) is 11.0. The van der Waals surface area contributed by atoms with Crippen LogP contribution in [0.15, 0.2) is 90.6 Å². The van der Waals surface area contributed by atoms with Gasteiger partial charge in [-0.1, -0.05) is 91.7 Å². The van der Waals surface area contributed by atoms with Gasteiger partial charge in [0.05, 0.1) is 28.1 Å². The Labute approximate surface area is 310 Å². The van der Waals surface area contributed by atoms with Crippen molar-refractivity contribution in [3.05, 3.63) is 119 Å². The van der Waals surface area contributed by atoms with Crippen molar-refractivity contribution in [2.24, 2.45) is 11.8 Å². The maximum atomic E-state index is 6.84. The molecule has 3 aromatic heterocycles. The van der Waals surface area contributed by atoms with Crippen LogP contribution in [-0.4, -0.2) is 19.3 Å². The van der Waals surface area contributed by atoms with E-state index in [1.165, 1.54) is 58.0 Å². The minimum absolute atomic E-state index is 0.116. The zero-order valence-corrected chi connectivity index (χ0v) is 32.9. The second kappa shape index (κ2) is 14.1. The molecule has 0 spiro atoms. The van der Waals surface area contributed by atoms with Gasteiger partial charge in [0.15, 0.2) is 0 Å². The average molecular weight is 693 g/mol. The first-order chi connectivity index (χ1) is 24.8. The van der Waals surface area contributed by atoms with Gasteiger partial charge in [-0.15, -0.1) is 0 Å². The Balaban J connectivity index is 1.34. The van der Waals surface area contributed by atoms with E-state index in [9.17, 15) is 0 Å². The lowest BCUT2D eigenvalue weighted by Gasteiger charge is -2.34. The summed E-state index contributed by atoms with van der Waals surface area (Å²) < 4.78 is 11.4. The van der Waals surface area contributed by atoms with Gasteiger partial charge in [0.2, 0.25) is 0 Å². The molecule has 0 bridgehead atoms. The molecule has 3 atom stereocenters. The number of aryl methyl sites for hydroxylation is 2. The molecule has 7 rings (SSSR count). The van der Waals surface area contributed by atoms with E-state index in [-0.39, 0.29) is 5.41 Å². The molecule has 270 valence electrons. The van der Waals surface area contributed by atoms with Gasteiger partial charge in [-0.3, -0.25) is 4.57 Å². The number of benzene rings is 3. The smallest absolute Gasteiger partial charge is 0.137 e. The molecule has 5 nitrogen and oxygen atoms in total. The van der Waals surface area contributed by atoms with Crippen LogP contribution < -0.4 is 4.74 Å². The monoisotopic (exact) mass is 692 g/mol. The van der Waals surface area contributed by atoms with Crippen molar-refractivity contribution in [3.8, 4) is 23.0 Å². The summed E-state index contributed by atoms with van der Waals surface area (Å²) in [5.74, 6) is 4.39. The van der Waals surface area contributed by atoms with E-state index < -0.39 is 0 Å². The molecule has 1 unspecified atom stereocenters. The number of hydrogen-bond donors (Lipinski definition) is 0. The molecule has 3 aromatic carbocycles. The summed E-state index contributed by atoms with van der Waals surface area (Å²) in [7, 11) is 0. The van der Waals surface area contributed by atoms with E-state index in [2.05, 4.69) is 157 Å². The molecular formula is C47H56N4O. The van der Waals surface area contributed by atoms with E-state index >= 15 is 0 Å². The van der Waals surface area contributed by atoms with Crippen molar-refractivity contribution >= 4 is 21.8 Å². The van der Waals surface area contributed by atoms with Crippen molar-refractivity contribution in [1.29, 1.82) is 0 Å². The van der Waals surface area contributed by atoms with Gasteiger partial charge < -0.3 is 4.74 Å². The normalized spacial score (nSPS) is 18.1. The zero-order valence-electron chi connectivity index (χ0n) is 32.9. The minimum Gasteiger partial charge on any atom is -0.457 e. The van der Waals surface area contributed by atoms with Gasteiger partial charge in [0.25, 0.3) is 0 Å². The molecule has 0 fully saturated rings. The second-order valence-electron chi connectivity index (χ2n) is 16.8. The summed E-state index contributed by atoms with van der Waals surface area (Å²) in [5, 5.41) is 7.71. The third-order valence-electron chi connectivity index (χ3n) is 11.0. The summed E-state index contributed by atoms with van der Waals surface area (Å²) in [4.78, 5) is 4.87. The van der Waals surface area contributed by atoms with Crippen molar-refractivity contribution in [2.45, 2.75) is 112 Å². The zero-order chi connectivity index (χ0) is 36.9. The number of nitrogens with zero attached hydrogens (tertiary/aromatic N) is 4. The summed E-state index contributed by atoms with van der Waals surface area (Å²) in [6, 6.07) is 26.1. The Bertz CT molecular complexity index is 2280. The fourth-order valence-electron chi connectivity index (χ4n) is 8.76. The van der Waals surface area contributed by atoms with E-state index in [0.29, 0.717) is 23.7 Å². The maximum Gasteiger partial charge on any atom is 0.137 e. The largest absolute Gasteiger partial charge is 0.457 e. The van der Waals surface area contributed by atoms with Crippen LogP contribution in [0, 0.1) is 18.8 Å². The SMILES string of the molecule is CCCCc1ccnc(-n2c3ccccc3c3ccc(Oc4cc(C(C)C)cc(-n5nc(C)c(C6C(C)=C[C@H](C)C[C@@H]6C)c5C(C)(C)C)c4)cc32)c1. The number of unbranched alkanes of at least 4 members (excludes halogenated alkanes) is 1. The molecule has 0 saturated heterocycles. The van der Waals surface area contributed by atoms with Gasteiger partial charge in [0, 0.05) is 46.0 Å². The second-order valence-corrected chi connectivity index (χ2v) is 16.8. The van der Waals surface area contributed by atoms with Gasteiger partial charge >= 0.3 is 0 Å². The molecular weight excluding hydrogens is 637 g/mol. The van der Waals surface area contributed by atoms with Crippen molar-refractivity contribution in [1.82, 2.24) is 19.3 Å². The first-order valence-electron chi connectivity index (χ1n) is 19.4. The highest BCUT2D eigenvalue weighted by atomic mass is 16.5. The van der Waals surface area contributed by atoms with Gasteiger partial charge in [-0.2, -0.15) is 5.10 Å². The van der Waals surface area contributed by atoms with Crippen LogP contribution in [0.25, 0.3) is 33.3 Å². The molecule has 5 heteroatoms. The first-order valence-corrected chi connectivity index (χ1v) is 19.4. The number of fused-ring (bicyclic) bond motifs is 3. The van der Waals surface area contributed by atoms with Crippen LogP contribution in [0.2, 0.25) is 0 Å². The molecule has 1 aliphatic carbocycles. The Kier molecular flexibility index (Phi) is 9.67. The topological polar surface area (TPSA) is 44.9 Å². The van der Waals surface area contributed by atoms with Gasteiger partial charge in [-0.25, -0.2) is 9.67 Å². The number of aromatic nitrogens is 4. The fraction of sp³-hybridized carbons (Fsp3) is 0.404. The van der Waals surface area contributed by atoms with Crippen LogP contribution in [0.1, 0.15) is 121 Å². The minimum atomic E-state index is -0.116. The molecule has 0 aliphatic heterocycles. The molecule has 1 aliphatic rings. The summed E-state index contributed by atoms with van der Waals surface area (Å²) >= 11 is 0. The molecule has 0 saturated carbocycles. The van der Waals surface area contributed by atoms with E-state index in [4.69, 9.17) is 14.8 Å². The van der Waals surface area contributed by atoms with E-state index in [1.54, 1.807) is 0 Å². The lowest BCUT2D eigenvalue weighted by molar-refractivity contribution is 0.385. The average Bonchev–Trinajstić information content (AvgIpc) is 3.61. The molecule has 0 N–H and O–H groups in total. The number of ether oxygens (including phenoxy) is 1. The van der Waals surface area contributed by atoms with Gasteiger partial charge in [0.1, 0.15) is 17.3 Å². The number of hydrogen-bond acceptors (Lipinski definition) is 3. The fourth-order valence-corrected chi connectivity index (χ4v) is 8.76. The Morgan fingerprint density at radius 2 is 1.65 bits per heavy atom. The van der Waals surface area contributed by atoms with Crippen LogP contribution in [0.5, 0.6) is 11.5 Å².